The van der Waals surface area contributed by atoms with Gasteiger partial charge in [0.05, 0.1) is 0 Å². The molecule has 0 N–H and O–H groups in total. The lowest BCUT2D eigenvalue weighted by Crippen LogP contribution is -1.82. The molecule has 36 valence electrons. The predicted octanol–water partition coefficient (Wildman–Crippen LogP) is 1.50. The predicted molar refractivity (Wildman–Crippen MR) is 33.0 cm³/mol. The largest absolute Gasteiger partial charge is 0.280 e. The second-order valence-corrected chi connectivity index (χ2v) is 1.84. The Kier molecular flexibility index (Phi) is 3.35. The van der Waals surface area contributed by atoms with Crippen LogP contribution >= 0.6 is 9.39 Å². The highest BCUT2D eigenvalue weighted by atomic mass is 31.0. The zero-order valence-corrected chi connectivity index (χ0v) is 5.33. The summed E-state index contributed by atoms with van der Waals surface area (Å²) in [6.07, 6.45) is 1.88. The van der Waals surface area contributed by atoms with Crippen LogP contribution in [0.25, 0.3) is 0 Å². The first-order chi connectivity index (χ1) is 2.77. The van der Waals surface area contributed by atoms with Crippen molar-refractivity contribution in [2.75, 3.05) is 0 Å². The van der Waals surface area contributed by atoms with Crippen LogP contribution in [0.15, 0.2) is 4.76 Å². The van der Waals surface area contributed by atoms with Crippen molar-refractivity contribution in [3.63, 3.8) is 0 Å². The molecule has 0 spiro atoms. The lowest BCUT2D eigenvalue weighted by Gasteiger charge is -1.85. The van der Waals surface area contributed by atoms with Crippen molar-refractivity contribution in [3.05, 3.63) is 0 Å². The van der Waals surface area contributed by atoms with Crippen LogP contribution < -0.4 is 0 Å². The minimum absolute atomic E-state index is 0.586. The van der Waals surface area contributed by atoms with E-state index >= 15 is 0 Å². The highest BCUT2D eigenvalue weighted by Gasteiger charge is 1.78. The van der Waals surface area contributed by atoms with Crippen molar-refractivity contribution >= 4 is 15.6 Å². The molecule has 0 aliphatic rings. The third-order valence-corrected chi connectivity index (χ3v) is 0.556. The molecular weight excluding hydrogens is 93.0 g/mol. The minimum atomic E-state index is 0.586. The summed E-state index contributed by atoms with van der Waals surface area (Å²) in [7, 11) is 2.29. The standard InChI is InChI=1S/C4H10NP/c1-4(2)3-5-6/h3-4H,6H2,1-2H3. The topological polar surface area (TPSA) is 12.4 Å². The lowest BCUT2D eigenvalue weighted by molar-refractivity contribution is 0.910. The fraction of sp³-hybridized carbons (Fsp3) is 0.750. The lowest BCUT2D eigenvalue weighted by atomic mass is 10.3. The summed E-state index contributed by atoms with van der Waals surface area (Å²) in [6, 6.07) is 0. The molecular formula is C4H10NP. The van der Waals surface area contributed by atoms with Crippen molar-refractivity contribution in [2.24, 2.45) is 10.7 Å². The Bertz CT molecular complexity index is 49.5. The van der Waals surface area contributed by atoms with Gasteiger partial charge in [0.2, 0.25) is 0 Å². The third kappa shape index (κ3) is 4.10. The van der Waals surface area contributed by atoms with E-state index in [0.29, 0.717) is 5.92 Å². The fourth-order valence-corrected chi connectivity index (χ4v) is 0.516. The Morgan fingerprint density at radius 3 is 2.17 bits per heavy atom. The summed E-state index contributed by atoms with van der Waals surface area (Å²) >= 11 is 0. The first kappa shape index (κ1) is 6.10. The molecule has 0 aromatic rings. The van der Waals surface area contributed by atoms with Crippen LogP contribution in [0.3, 0.4) is 0 Å². The van der Waals surface area contributed by atoms with Crippen LogP contribution in [0.4, 0.5) is 0 Å². The molecule has 0 aromatic heterocycles. The van der Waals surface area contributed by atoms with Crippen LogP contribution in [-0.2, 0) is 0 Å². The van der Waals surface area contributed by atoms with Gasteiger partial charge in [-0.25, -0.2) is 0 Å². The van der Waals surface area contributed by atoms with Gasteiger partial charge in [0, 0.05) is 6.21 Å². The van der Waals surface area contributed by atoms with Gasteiger partial charge in [0.15, 0.2) is 0 Å². The van der Waals surface area contributed by atoms with E-state index in [1.165, 1.54) is 0 Å². The number of hydrogen-bond donors (Lipinski definition) is 0. The van der Waals surface area contributed by atoms with E-state index in [1.807, 2.05) is 6.21 Å². The van der Waals surface area contributed by atoms with E-state index in [0.717, 1.165) is 0 Å². The third-order valence-electron chi connectivity index (χ3n) is 0.384. The molecule has 1 atom stereocenters. The average molecular weight is 103 g/mol. The molecule has 0 fully saturated rings. The molecule has 0 saturated heterocycles. The second kappa shape index (κ2) is 3.30. The smallest absolute Gasteiger partial charge is 0.00500 e. The summed E-state index contributed by atoms with van der Waals surface area (Å²) in [5.41, 5.74) is 0. The molecule has 0 radical (unpaired) electrons. The van der Waals surface area contributed by atoms with Crippen molar-refractivity contribution < 1.29 is 0 Å². The summed E-state index contributed by atoms with van der Waals surface area (Å²) in [6.45, 7) is 4.18. The molecule has 0 aliphatic carbocycles. The first-order valence-corrected chi connectivity index (χ1v) is 2.52. The van der Waals surface area contributed by atoms with Crippen LogP contribution in [0.2, 0.25) is 0 Å². The molecule has 0 rings (SSSR count). The fourth-order valence-electron chi connectivity index (χ4n) is 0.172. The number of rotatable bonds is 1. The minimum Gasteiger partial charge on any atom is -0.280 e. The van der Waals surface area contributed by atoms with Crippen LogP contribution in [0.5, 0.6) is 0 Å². The number of hydrogen-bond acceptors (Lipinski definition) is 1. The Morgan fingerprint density at radius 1 is 1.67 bits per heavy atom. The van der Waals surface area contributed by atoms with Gasteiger partial charge in [-0.15, -0.1) is 0 Å². The Balaban J connectivity index is 3.03. The highest BCUT2D eigenvalue weighted by Crippen LogP contribution is 1.87. The molecule has 0 amide bonds. The van der Waals surface area contributed by atoms with Gasteiger partial charge in [-0.1, -0.05) is 13.8 Å². The van der Waals surface area contributed by atoms with E-state index in [2.05, 4.69) is 28.0 Å². The number of nitrogens with zero attached hydrogens (tertiary/aromatic N) is 1. The Labute approximate surface area is 41.1 Å². The molecule has 6 heavy (non-hydrogen) atoms. The zero-order chi connectivity index (χ0) is 4.99. The maximum Gasteiger partial charge on any atom is 0.00500 e. The van der Waals surface area contributed by atoms with Gasteiger partial charge in [0.25, 0.3) is 0 Å². The molecule has 0 aromatic carbocycles. The molecule has 0 saturated carbocycles. The van der Waals surface area contributed by atoms with Crippen LogP contribution in [-0.4, -0.2) is 6.21 Å². The van der Waals surface area contributed by atoms with Crippen molar-refractivity contribution in [2.45, 2.75) is 13.8 Å². The van der Waals surface area contributed by atoms with Gasteiger partial charge in [-0.3, -0.25) is 4.76 Å². The Hall–Kier alpha value is 0.100. The molecule has 0 bridgehead atoms. The summed E-state index contributed by atoms with van der Waals surface area (Å²) in [5.74, 6) is 0.586. The molecule has 0 aliphatic heterocycles. The van der Waals surface area contributed by atoms with Crippen LogP contribution in [0.1, 0.15) is 13.8 Å². The maximum atomic E-state index is 3.73. The molecule has 2 heteroatoms. The monoisotopic (exact) mass is 103 g/mol. The van der Waals surface area contributed by atoms with Crippen molar-refractivity contribution in [1.29, 1.82) is 0 Å². The van der Waals surface area contributed by atoms with Gasteiger partial charge in [0.1, 0.15) is 0 Å². The summed E-state index contributed by atoms with van der Waals surface area (Å²) in [5, 5.41) is 0. The summed E-state index contributed by atoms with van der Waals surface area (Å²) < 4.78 is 3.73. The van der Waals surface area contributed by atoms with Crippen molar-refractivity contribution in [1.82, 2.24) is 0 Å². The van der Waals surface area contributed by atoms with Gasteiger partial charge >= 0.3 is 0 Å². The summed E-state index contributed by atoms with van der Waals surface area (Å²) in [4.78, 5) is 0. The Morgan fingerprint density at radius 2 is 2.17 bits per heavy atom. The van der Waals surface area contributed by atoms with E-state index < -0.39 is 0 Å². The van der Waals surface area contributed by atoms with Gasteiger partial charge in [-0.05, 0) is 15.3 Å². The zero-order valence-electron chi connectivity index (χ0n) is 4.18. The van der Waals surface area contributed by atoms with Gasteiger partial charge in [-0.2, -0.15) is 0 Å². The van der Waals surface area contributed by atoms with Gasteiger partial charge < -0.3 is 0 Å². The van der Waals surface area contributed by atoms with E-state index in [1.54, 1.807) is 0 Å². The molecule has 0 heterocycles. The first-order valence-electron chi connectivity index (χ1n) is 2.00. The van der Waals surface area contributed by atoms with E-state index in [9.17, 15) is 0 Å². The maximum absolute atomic E-state index is 3.73. The quantitative estimate of drug-likeness (QED) is 0.352. The average Bonchev–Trinajstić information content (AvgIpc) is 1.35. The van der Waals surface area contributed by atoms with E-state index in [-0.39, 0.29) is 0 Å². The van der Waals surface area contributed by atoms with E-state index in [4.69, 9.17) is 0 Å². The normalized spacial score (nSPS) is 11.3. The molecule has 1 unspecified atom stereocenters. The van der Waals surface area contributed by atoms with Crippen molar-refractivity contribution in [3.8, 4) is 0 Å². The SMILES string of the molecule is CC(C)C=NP. The second-order valence-electron chi connectivity index (χ2n) is 1.54. The highest BCUT2D eigenvalue weighted by molar-refractivity contribution is 7.14. The van der Waals surface area contributed by atoms with Crippen LogP contribution in [0, 0.1) is 5.92 Å². The molecule has 1 nitrogen and oxygen atoms in total.